The minimum atomic E-state index is -1.05. The average molecular weight is 338 g/mol. The van der Waals surface area contributed by atoms with E-state index in [0.29, 0.717) is 22.5 Å². The first-order valence-corrected chi connectivity index (χ1v) is 7.34. The van der Waals surface area contributed by atoms with Crippen LogP contribution in [0.15, 0.2) is 53.1 Å². The van der Waals surface area contributed by atoms with Gasteiger partial charge in [0.1, 0.15) is 0 Å². The Morgan fingerprint density at radius 3 is 2.36 bits per heavy atom. The molecule has 2 aromatic rings. The summed E-state index contributed by atoms with van der Waals surface area (Å²) in [5, 5.41) is 33.2. The van der Waals surface area contributed by atoms with Crippen molar-refractivity contribution >= 4 is 29.4 Å². The molecule has 0 aliphatic carbocycles. The molecule has 3 N–H and O–H groups in total. The van der Waals surface area contributed by atoms with Crippen molar-refractivity contribution in [1.82, 2.24) is 0 Å². The normalized spacial score (nSPS) is 15.6. The Balaban J connectivity index is 1.91. The lowest BCUT2D eigenvalue weighted by Gasteiger charge is -2.11. The molecule has 2 aromatic carbocycles. The van der Waals surface area contributed by atoms with Crippen LogP contribution in [0.25, 0.3) is 6.08 Å². The molecular weight excluding hydrogens is 324 g/mol. The number of hydrazone groups is 1. The van der Waals surface area contributed by atoms with Crippen LogP contribution in [0.3, 0.4) is 0 Å². The second-order valence-electron chi connectivity index (χ2n) is 5.46. The Morgan fingerprint density at radius 1 is 1.08 bits per heavy atom. The number of carbonyl (C=O) groups excluding carboxylic acids is 1. The minimum absolute atomic E-state index is 0.117. The number of aromatic carboxylic acids is 1. The van der Waals surface area contributed by atoms with Gasteiger partial charge < -0.3 is 15.3 Å². The van der Waals surface area contributed by atoms with E-state index in [4.69, 9.17) is 5.11 Å². The van der Waals surface area contributed by atoms with Crippen molar-refractivity contribution in [3.05, 3.63) is 59.2 Å². The van der Waals surface area contributed by atoms with Gasteiger partial charge in [0.15, 0.2) is 11.5 Å². The molecule has 1 aliphatic heterocycles. The molecule has 0 radical (unpaired) electrons. The smallest absolute Gasteiger partial charge is 0.335 e. The van der Waals surface area contributed by atoms with Crippen LogP contribution in [-0.2, 0) is 4.79 Å². The maximum Gasteiger partial charge on any atom is 0.335 e. The Morgan fingerprint density at radius 2 is 1.76 bits per heavy atom. The lowest BCUT2D eigenvalue weighted by Crippen LogP contribution is -2.21. The predicted molar refractivity (Wildman–Crippen MR) is 91.7 cm³/mol. The van der Waals surface area contributed by atoms with Crippen LogP contribution in [0, 0.1) is 0 Å². The zero-order valence-electron chi connectivity index (χ0n) is 13.2. The number of anilines is 1. The first-order valence-electron chi connectivity index (χ1n) is 7.34. The number of nitrogens with zero attached hydrogens (tertiary/aromatic N) is 2. The van der Waals surface area contributed by atoms with Crippen LogP contribution in [-0.4, -0.2) is 32.9 Å². The van der Waals surface area contributed by atoms with Crippen molar-refractivity contribution in [3.8, 4) is 11.5 Å². The topological polar surface area (TPSA) is 110 Å². The third kappa shape index (κ3) is 3.07. The van der Waals surface area contributed by atoms with Gasteiger partial charge in [-0.2, -0.15) is 10.1 Å². The number of hydrogen-bond donors (Lipinski definition) is 3. The Bertz CT molecular complexity index is 929. The van der Waals surface area contributed by atoms with E-state index in [1.54, 1.807) is 19.1 Å². The zero-order valence-corrected chi connectivity index (χ0v) is 13.2. The van der Waals surface area contributed by atoms with Crippen LogP contribution in [0.5, 0.6) is 11.5 Å². The maximum atomic E-state index is 12.6. The summed E-state index contributed by atoms with van der Waals surface area (Å²) in [4.78, 5) is 23.5. The second-order valence-corrected chi connectivity index (χ2v) is 5.46. The quantitative estimate of drug-likeness (QED) is 0.588. The van der Waals surface area contributed by atoms with Crippen molar-refractivity contribution in [3.63, 3.8) is 0 Å². The van der Waals surface area contributed by atoms with Crippen molar-refractivity contribution in [2.75, 3.05) is 5.01 Å². The van der Waals surface area contributed by atoms with E-state index >= 15 is 0 Å². The Labute approximate surface area is 142 Å². The van der Waals surface area contributed by atoms with Gasteiger partial charge >= 0.3 is 5.97 Å². The van der Waals surface area contributed by atoms with Crippen LogP contribution >= 0.6 is 0 Å². The van der Waals surface area contributed by atoms with Gasteiger partial charge in [-0.25, -0.2) is 4.79 Å². The molecule has 7 heteroatoms. The van der Waals surface area contributed by atoms with E-state index in [2.05, 4.69) is 5.10 Å². The average Bonchev–Trinajstić information content (AvgIpc) is 2.86. The summed E-state index contributed by atoms with van der Waals surface area (Å²) < 4.78 is 0. The van der Waals surface area contributed by atoms with Gasteiger partial charge in [-0.1, -0.05) is 6.07 Å². The van der Waals surface area contributed by atoms with E-state index in [9.17, 15) is 19.8 Å². The molecule has 0 saturated heterocycles. The Kier molecular flexibility index (Phi) is 3.98. The van der Waals surface area contributed by atoms with Crippen LogP contribution in [0.2, 0.25) is 0 Å². The van der Waals surface area contributed by atoms with Gasteiger partial charge in [0.25, 0.3) is 5.91 Å². The number of benzene rings is 2. The summed E-state index contributed by atoms with van der Waals surface area (Å²) in [6.07, 6.45) is 1.56. The molecule has 7 nitrogen and oxygen atoms in total. The van der Waals surface area contributed by atoms with Crippen LogP contribution in [0.4, 0.5) is 5.69 Å². The molecule has 1 amide bonds. The summed E-state index contributed by atoms with van der Waals surface area (Å²) in [6, 6.07) is 10.0. The fraction of sp³-hybridized carbons (Fsp3) is 0.0556. The van der Waals surface area contributed by atoms with E-state index < -0.39 is 5.97 Å². The molecule has 3 rings (SSSR count). The highest BCUT2D eigenvalue weighted by atomic mass is 16.4. The minimum Gasteiger partial charge on any atom is -0.504 e. The summed E-state index contributed by atoms with van der Waals surface area (Å²) in [5.74, 6) is -1.94. The number of carbonyl (C=O) groups is 2. The number of hydrogen-bond acceptors (Lipinski definition) is 5. The van der Waals surface area contributed by atoms with Crippen molar-refractivity contribution < 1.29 is 24.9 Å². The van der Waals surface area contributed by atoms with Crippen molar-refractivity contribution in [1.29, 1.82) is 0 Å². The number of carboxylic acids is 1. The number of aromatic hydroxyl groups is 2. The first kappa shape index (κ1) is 16.3. The van der Waals surface area contributed by atoms with E-state index in [0.717, 1.165) is 0 Å². The molecule has 0 aromatic heterocycles. The highest BCUT2D eigenvalue weighted by Gasteiger charge is 2.28. The number of amides is 1. The molecule has 0 unspecified atom stereocenters. The third-order valence-electron chi connectivity index (χ3n) is 3.73. The van der Waals surface area contributed by atoms with Crippen molar-refractivity contribution in [2.45, 2.75) is 6.92 Å². The monoisotopic (exact) mass is 338 g/mol. The SMILES string of the molecule is CC1=NN(c2ccc(C(=O)O)cc2)C(=O)/C1=C\c1ccc(O)c(O)c1. The molecule has 1 aliphatic rings. The van der Waals surface area contributed by atoms with Crippen molar-refractivity contribution in [2.24, 2.45) is 5.10 Å². The summed E-state index contributed by atoms with van der Waals surface area (Å²) >= 11 is 0. The van der Waals surface area contributed by atoms with Gasteiger partial charge in [0.2, 0.25) is 0 Å². The Hall–Kier alpha value is -3.61. The van der Waals surface area contributed by atoms with Gasteiger partial charge in [-0.3, -0.25) is 4.79 Å². The molecule has 0 bridgehead atoms. The lowest BCUT2D eigenvalue weighted by atomic mass is 10.1. The fourth-order valence-electron chi connectivity index (χ4n) is 2.40. The first-order chi connectivity index (χ1) is 11.9. The van der Waals surface area contributed by atoms with E-state index in [1.807, 2.05) is 0 Å². The number of rotatable bonds is 3. The number of phenols is 2. The van der Waals surface area contributed by atoms with Crippen LogP contribution < -0.4 is 5.01 Å². The summed E-state index contributed by atoms with van der Waals surface area (Å²) in [7, 11) is 0. The molecule has 126 valence electrons. The molecular formula is C18H14N2O5. The fourth-order valence-corrected chi connectivity index (χ4v) is 2.40. The van der Waals surface area contributed by atoms with Crippen LogP contribution in [0.1, 0.15) is 22.8 Å². The molecule has 0 saturated carbocycles. The predicted octanol–water partition coefficient (Wildman–Crippen LogP) is 2.60. The number of phenolic OH excluding ortho intramolecular Hbond substituents is 2. The van der Waals surface area contributed by atoms with Gasteiger partial charge in [-0.15, -0.1) is 0 Å². The highest BCUT2D eigenvalue weighted by molar-refractivity contribution is 6.32. The second kappa shape index (κ2) is 6.12. The highest BCUT2D eigenvalue weighted by Crippen LogP contribution is 2.28. The van der Waals surface area contributed by atoms with Gasteiger partial charge in [-0.05, 0) is 55.0 Å². The third-order valence-corrected chi connectivity index (χ3v) is 3.73. The molecule has 0 atom stereocenters. The largest absolute Gasteiger partial charge is 0.504 e. The molecule has 0 spiro atoms. The zero-order chi connectivity index (χ0) is 18.1. The maximum absolute atomic E-state index is 12.6. The van der Waals surface area contributed by atoms with E-state index in [-0.39, 0.29) is 23.0 Å². The molecule has 0 fully saturated rings. The molecule has 25 heavy (non-hydrogen) atoms. The summed E-state index contributed by atoms with van der Waals surface area (Å²) in [5.41, 5.74) is 1.93. The summed E-state index contributed by atoms with van der Waals surface area (Å²) in [6.45, 7) is 1.68. The van der Waals surface area contributed by atoms with Gasteiger partial charge in [0.05, 0.1) is 22.5 Å². The lowest BCUT2D eigenvalue weighted by molar-refractivity contribution is -0.114. The van der Waals surface area contributed by atoms with Gasteiger partial charge in [0, 0.05) is 0 Å². The standard InChI is InChI=1S/C18H14N2O5/c1-10-14(8-11-2-7-15(21)16(22)9-11)17(23)20(19-10)13-5-3-12(4-6-13)18(24)25/h2-9,21-22H,1H3,(H,24,25)/b14-8-. The number of carboxylic acid groups (broad SMARTS) is 1. The molecule has 1 heterocycles. The van der Waals surface area contributed by atoms with E-state index in [1.165, 1.54) is 41.4 Å².